The summed E-state index contributed by atoms with van der Waals surface area (Å²) in [5.41, 5.74) is 6.59. The van der Waals surface area contributed by atoms with Crippen LogP contribution in [-0.2, 0) is 4.79 Å². The molecular weight excluding hydrogens is 244 g/mol. The first kappa shape index (κ1) is 13.1. The van der Waals surface area contributed by atoms with E-state index in [9.17, 15) is 9.59 Å². The van der Waals surface area contributed by atoms with E-state index in [1.54, 1.807) is 38.4 Å². The molecule has 0 unspecified atom stereocenters. The molecule has 0 saturated heterocycles. The van der Waals surface area contributed by atoms with Gasteiger partial charge in [0.1, 0.15) is 0 Å². The number of H-pyrrole nitrogens is 1. The number of nitrogens with two attached hydrogens (primary N) is 1. The van der Waals surface area contributed by atoms with Crippen LogP contribution in [0.4, 0.5) is 0 Å². The number of aromatic nitrogens is 2. The molecule has 2 amide bonds. The van der Waals surface area contributed by atoms with Crippen molar-refractivity contribution in [1.29, 1.82) is 0 Å². The molecular formula is C13H16N4O2. The molecule has 0 fully saturated rings. The van der Waals surface area contributed by atoms with Crippen LogP contribution in [-0.4, -0.2) is 28.3 Å². The first-order valence-corrected chi connectivity index (χ1v) is 5.91. The van der Waals surface area contributed by atoms with Crippen molar-refractivity contribution in [3.63, 3.8) is 0 Å². The van der Waals surface area contributed by atoms with Gasteiger partial charge in [-0.25, -0.2) is 4.98 Å². The van der Waals surface area contributed by atoms with E-state index in [0.717, 1.165) is 11.0 Å². The predicted molar refractivity (Wildman–Crippen MR) is 71.4 cm³/mol. The Morgan fingerprint density at radius 1 is 1.42 bits per heavy atom. The zero-order valence-corrected chi connectivity index (χ0v) is 10.9. The number of imidazole rings is 1. The van der Waals surface area contributed by atoms with Gasteiger partial charge in [-0.15, -0.1) is 0 Å². The van der Waals surface area contributed by atoms with E-state index in [1.807, 2.05) is 0 Å². The van der Waals surface area contributed by atoms with E-state index in [2.05, 4.69) is 15.3 Å². The van der Waals surface area contributed by atoms with Gasteiger partial charge in [-0.3, -0.25) is 9.59 Å². The molecule has 2 aromatic rings. The van der Waals surface area contributed by atoms with E-state index in [4.69, 9.17) is 5.73 Å². The Balaban J connectivity index is 2.09. The highest BCUT2D eigenvalue weighted by atomic mass is 16.2. The van der Waals surface area contributed by atoms with Crippen LogP contribution in [0, 0.1) is 5.41 Å². The van der Waals surface area contributed by atoms with Gasteiger partial charge in [-0.05, 0) is 32.0 Å². The Morgan fingerprint density at radius 3 is 2.84 bits per heavy atom. The summed E-state index contributed by atoms with van der Waals surface area (Å²) < 4.78 is 0. The van der Waals surface area contributed by atoms with Crippen molar-refractivity contribution < 1.29 is 9.59 Å². The standard InChI is InChI=1S/C13H16N4O2/c1-13(2,12(14)19)6-15-11(18)8-3-4-9-10(5-8)17-7-16-9/h3-5,7H,6H2,1-2H3,(H2,14,19)(H,15,18)(H,16,17). The molecule has 0 radical (unpaired) electrons. The van der Waals surface area contributed by atoms with Gasteiger partial charge in [0.05, 0.1) is 22.8 Å². The average Bonchev–Trinajstić information content (AvgIpc) is 2.82. The third-order valence-corrected chi connectivity index (χ3v) is 3.04. The molecule has 100 valence electrons. The van der Waals surface area contributed by atoms with E-state index >= 15 is 0 Å². The van der Waals surface area contributed by atoms with Crippen molar-refractivity contribution >= 4 is 22.8 Å². The second-order valence-electron chi connectivity index (χ2n) is 5.07. The van der Waals surface area contributed by atoms with E-state index in [1.165, 1.54) is 0 Å². The van der Waals surface area contributed by atoms with Gasteiger partial charge in [0.2, 0.25) is 5.91 Å². The maximum atomic E-state index is 12.0. The summed E-state index contributed by atoms with van der Waals surface area (Å²) >= 11 is 0. The number of amides is 2. The summed E-state index contributed by atoms with van der Waals surface area (Å²) in [6.07, 6.45) is 1.57. The molecule has 4 N–H and O–H groups in total. The molecule has 6 heteroatoms. The zero-order chi connectivity index (χ0) is 14.0. The quantitative estimate of drug-likeness (QED) is 0.758. The second kappa shape index (κ2) is 4.72. The van der Waals surface area contributed by atoms with Gasteiger partial charge >= 0.3 is 0 Å². The van der Waals surface area contributed by atoms with Crippen molar-refractivity contribution in [1.82, 2.24) is 15.3 Å². The molecule has 1 aromatic carbocycles. The van der Waals surface area contributed by atoms with Crippen LogP contribution in [0.25, 0.3) is 11.0 Å². The minimum atomic E-state index is -0.770. The normalized spacial score (nSPS) is 11.5. The first-order chi connectivity index (χ1) is 8.90. The number of aromatic amines is 1. The number of hydrogen-bond donors (Lipinski definition) is 3. The molecule has 1 aromatic heterocycles. The monoisotopic (exact) mass is 260 g/mol. The first-order valence-electron chi connectivity index (χ1n) is 5.91. The molecule has 19 heavy (non-hydrogen) atoms. The van der Waals surface area contributed by atoms with Crippen molar-refractivity contribution in [3.05, 3.63) is 30.1 Å². The topological polar surface area (TPSA) is 101 Å². The molecule has 0 aliphatic carbocycles. The van der Waals surface area contributed by atoms with E-state index in [-0.39, 0.29) is 12.5 Å². The van der Waals surface area contributed by atoms with Gasteiger partial charge in [-0.1, -0.05) is 0 Å². The molecule has 0 atom stereocenters. The summed E-state index contributed by atoms with van der Waals surface area (Å²) in [7, 11) is 0. The lowest BCUT2D eigenvalue weighted by atomic mass is 9.92. The lowest BCUT2D eigenvalue weighted by Crippen LogP contribution is -2.42. The molecule has 0 bridgehead atoms. The zero-order valence-electron chi connectivity index (χ0n) is 10.9. The van der Waals surface area contributed by atoms with Crippen molar-refractivity contribution in [2.75, 3.05) is 6.54 Å². The molecule has 0 spiro atoms. The predicted octanol–water partition coefficient (Wildman–Crippen LogP) is 0.804. The molecule has 0 saturated carbocycles. The van der Waals surface area contributed by atoms with Gasteiger partial charge in [-0.2, -0.15) is 0 Å². The lowest BCUT2D eigenvalue weighted by molar-refractivity contribution is -0.125. The second-order valence-corrected chi connectivity index (χ2v) is 5.07. The van der Waals surface area contributed by atoms with E-state index in [0.29, 0.717) is 5.56 Å². The minimum absolute atomic E-state index is 0.197. The fourth-order valence-electron chi connectivity index (χ4n) is 1.57. The largest absolute Gasteiger partial charge is 0.369 e. The average molecular weight is 260 g/mol. The van der Waals surface area contributed by atoms with Crippen LogP contribution in [0.1, 0.15) is 24.2 Å². The molecule has 0 aliphatic rings. The highest BCUT2D eigenvalue weighted by Gasteiger charge is 2.25. The lowest BCUT2D eigenvalue weighted by Gasteiger charge is -2.20. The van der Waals surface area contributed by atoms with Crippen LogP contribution in [0.5, 0.6) is 0 Å². The Morgan fingerprint density at radius 2 is 2.16 bits per heavy atom. The van der Waals surface area contributed by atoms with Crippen LogP contribution in [0.15, 0.2) is 24.5 Å². The van der Waals surface area contributed by atoms with Gasteiger partial charge in [0.25, 0.3) is 5.91 Å². The third-order valence-electron chi connectivity index (χ3n) is 3.04. The van der Waals surface area contributed by atoms with Crippen molar-refractivity contribution in [2.45, 2.75) is 13.8 Å². The Hall–Kier alpha value is -2.37. The number of nitrogens with one attached hydrogen (secondary N) is 2. The van der Waals surface area contributed by atoms with Crippen LogP contribution in [0.3, 0.4) is 0 Å². The SMILES string of the molecule is CC(C)(CNC(=O)c1ccc2nc[nH]c2c1)C(N)=O. The summed E-state index contributed by atoms with van der Waals surface area (Å²) in [6.45, 7) is 3.57. The van der Waals surface area contributed by atoms with Crippen LogP contribution >= 0.6 is 0 Å². The summed E-state index contributed by atoms with van der Waals surface area (Å²) in [5, 5.41) is 2.70. The molecule has 1 heterocycles. The van der Waals surface area contributed by atoms with Crippen LogP contribution < -0.4 is 11.1 Å². The highest BCUT2D eigenvalue weighted by molar-refractivity contribution is 5.97. The fraction of sp³-hybridized carbons (Fsp3) is 0.308. The Labute approximate surface area is 110 Å². The van der Waals surface area contributed by atoms with Gasteiger partial charge < -0.3 is 16.0 Å². The fourth-order valence-corrected chi connectivity index (χ4v) is 1.57. The molecule has 0 aliphatic heterocycles. The van der Waals surface area contributed by atoms with Crippen molar-refractivity contribution in [2.24, 2.45) is 11.1 Å². The number of hydrogen-bond acceptors (Lipinski definition) is 3. The number of rotatable bonds is 4. The number of primary amides is 1. The Bertz CT molecular complexity index is 630. The Kier molecular flexibility index (Phi) is 3.25. The summed E-state index contributed by atoms with van der Waals surface area (Å²) in [4.78, 5) is 30.2. The smallest absolute Gasteiger partial charge is 0.251 e. The highest BCUT2D eigenvalue weighted by Crippen LogP contribution is 2.14. The van der Waals surface area contributed by atoms with E-state index < -0.39 is 11.3 Å². The summed E-state index contributed by atoms with van der Waals surface area (Å²) in [5.74, 6) is -0.692. The number of carbonyl (C=O) groups excluding carboxylic acids is 2. The maximum Gasteiger partial charge on any atom is 0.251 e. The summed E-state index contributed by atoms with van der Waals surface area (Å²) in [6, 6.07) is 5.17. The minimum Gasteiger partial charge on any atom is -0.369 e. The number of nitrogens with zero attached hydrogens (tertiary/aromatic N) is 1. The number of benzene rings is 1. The third kappa shape index (κ3) is 2.73. The number of carbonyl (C=O) groups is 2. The van der Waals surface area contributed by atoms with Gasteiger partial charge in [0.15, 0.2) is 0 Å². The molecule has 2 rings (SSSR count). The molecule has 6 nitrogen and oxygen atoms in total. The van der Waals surface area contributed by atoms with Crippen LogP contribution in [0.2, 0.25) is 0 Å². The number of fused-ring (bicyclic) bond motifs is 1. The van der Waals surface area contributed by atoms with Crippen molar-refractivity contribution in [3.8, 4) is 0 Å². The van der Waals surface area contributed by atoms with Gasteiger partial charge in [0, 0.05) is 12.1 Å². The maximum absolute atomic E-state index is 12.0.